The number of carbonyl (C=O) groups is 3. The first-order valence-corrected chi connectivity index (χ1v) is 23.5. The maximum atomic E-state index is 15.5. The van der Waals surface area contributed by atoms with Crippen molar-refractivity contribution < 1.29 is 82.1 Å². The molecule has 2 bridgehead atoms. The summed E-state index contributed by atoms with van der Waals surface area (Å²) < 4.78 is 61.1. The molecule has 0 radical (unpaired) electrons. The van der Waals surface area contributed by atoms with Crippen molar-refractivity contribution >= 4 is 29.7 Å². The van der Waals surface area contributed by atoms with E-state index in [1.54, 1.807) is 12.0 Å². The van der Waals surface area contributed by atoms with Crippen LogP contribution in [0.1, 0.15) is 66.7 Å². The number of hydrogen-bond acceptors (Lipinski definition) is 17. The molecule has 2 aliphatic heterocycles. The Labute approximate surface area is 409 Å². The third kappa shape index (κ3) is 15.8. The summed E-state index contributed by atoms with van der Waals surface area (Å²) in [5.41, 5.74) is 3.71. The predicted octanol–water partition coefficient (Wildman–Crippen LogP) is 6.61. The van der Waals surface area contributed by atoms with Crippen molar-refractivity contribution in [3.63, 3.8) is 0 Å². The van der Waals surface area contributed by atoms with Gasteiger partial charge in [0.25, 0.3) is 0 Å². The second-order valence-electron chi connectivity index (χ2n) is 17.2. The molecule has 3 aliphatic rings. The van der Waals surface area contributed by atoms with E-state index in [9.17, 15) is 18.4 Å². The van der Waals surface area contributed by atoms with Crippen LogP contribution >= 0.6 is 11.6 Å². The van der Waals surface area contributed by atoms with Gasteiger partial charge in [0.1, 0.15) is 29.8 Å². The van der Waals surface area contributed by atoms with Crippen molar-refractivity contribution in [1.29, 1.82) is 0 Å². The first-order chi connectivity index (χ1) is 33.7. The molecule has 3 amide bonds. The number of aryl methyl sites for hydroxylation is 2. The smallest absolute Gasteiger partial charge is 0.410 e. The summed E-state index contributed by atoms with van der Waals surface area (Å²) in [7, 11) is 1.60. The average molecular weight is 1010 g/mol. The number of amides is 3. The van der Waals surface area contributed by atoms with Crippen LogP contribution < -0.4 is 14.8 Å². The first-order valence-electron chi connectivity index (χ1n) is 23.2. The Morgan fingerprint density at radius 2 is 1.43 bits per heavy atom. The van der Waals surface area contributed by atoms with Gasteiger partial charge in [0.05, 0.1) is 70.1 Å². The van der Waals surface area contributed by atoms with Crippen LogP contribution in [0.4, 0.5) is 18.4 Å². The molecule has 2 heterocycles. The fraction of sp³-hybridized carbons (Fsp3) is 0.553. The lowest BCUT2D eigenvalue weighted by Gasteiger charge is -2.54. The van der Waals surface area contributed by atoms with Gasteiger partial charge in [-0.05, 0) is 104 Å². The number of nitrogens with one attached hydrogen (secondary N) is 1. The lowest BCUT2D eigenvalue weighted by atomic mass is 9.65. The van der Waals surface area contributed by atoms with Crippen LogP contribution in [0.15, 0.2) is 54.6 Å². The van der Waals surface area contributed by atoms with Crippen LogP contribution in [0.2, 0.25) is 5.02 Å². The number of benzene rings is 3. The average Bonchev–Trinajstić information content (AvgIpc) is 4.18. The SMILES string of the molecule is COc1ccc(CN(C(=O)C2C(c3ccc(CCCOc4c(F)ccc(F)c4Cl)cc3)CC3CC(CNC(=O)OCCOCCON(O)O)CC2N3C(=O)OCCOCCON(O)O)C2CC2)cc1C. The quantitative estimate of drug-likeness (QED) is 0.0307. The van der Waals surface area contributed by atoms with Crippen molar-refractivity contribution in [2.75, 3.05) is 73.1 Å². The number of ether oxygens (including phenoxy) is 6. The van der Waals surface area contributed by atoms with E-state index < -0.39 is 57.6 Å². The van der Waals surface area contributed by atoms with E-state index in [2.05, 4.69) is 15.0 Å². The van der Waals surface area contributed by atoms with Gasteiger partial charge in [-0.2, -0.15) is 0 Å². The number of piperidine rings is 2. The molecule has 1 aliphatic carbocycles. The summed E-state index contributed by atoms with van der Waals surface area (Å²) in [6, 6.07) is 14.6. The van der Waals surface area contributed by atoms with E-state index in [0.29, 0.717) is 38.6 Å². The number of hydrogen-bond donors (Lipinski definition) is 5. The van der Waals surface area contributed by atoms with Crippen LogP contribution in [-0.4, -0.2) is 151 Å². The van der Waals surface area contributed by atoms with Gasteiger partial charge in [-0.15, -0.1) is 0 Å². The van der Waals surface area contributed by atoms with Gasteiger partial charge in [0.15, 0.2) is 11.6 Å². The highest BCUT2D eigenvalue weighted by molar-refractivity contribution is 6.32. The molecular formula is C47H62ClF2N5O15. The Kier molecular flexibility index (Phi) is 21.0. The lowest BCUT2D eigenvalue weighted by molar-refractivity contribution is -0.493. The van der Waals surface area contributed by atoms with Crippen molar-refractivity contribution in [3.05, 3.63) is 93.5 Å². The molecule has 23 heteroatoms. The minimum atomic E-state index is -0.779. The zero-order valence-electron chi connectivity index (χ0n) is 39.1. The van der Waals surface area contributed by atoms with Crippen LogP contribution in [0.25, 0.3) is 0 Å². The maximum Gasteiger partial charge on any atom is 0.410 e. The molecule has 70 heavy (non-hydrogen) atoms. The molecule has 3 fully saturated rings. The van der Waals surface area contributed by atoms with Gasteiger partial charge in [0, 0.05) is 31.2 Å². The second kappa shape index (κ2) is 27.0. The van der Waals surface area contributed by atoms with E-state index in [4.69, 9.17) is 60.9 Å². The number of methoxy groups -OCH3 is 1. The second-order valence-corrected chi connectivity index (χ2v) is 17.6. The maximum absolute atomic E-state index is 15.5. The van der Waals surface area contributed by atoms with Crippen LogP contribution in [-0.2, 0) is 46.4 Å². The number of fused-ring (bicyclic) bond motifs is 2. The molecule has 2 saturated heterocycles. The lowest BCUT2D eigenvalue weighted by Crippen LogP contribution is -2.63. The third-order valence-electron chi connectivity index (χ3n) is 12.5. The minimum Gasteiger partial charge on any atom is -0.496 e. The van der Waals surface area contributed by atoms with E-state index in [-0.39, 0.29) is 95.5 Å². The largest absolute Gasteiger partial charge is 0.496 e. The van der Waals surface area contributed by atoms with E-state index >= 15 is 4.79 Å². The zero-order valence-corrected chi connectivity index (χ0v) is 39.8. The Morgan fingerprint density at radius 1 is 0.786 bits per heavy atom. The Balaban J connectivity index is 1.22. The summed E-state index contributed by atoms with van der Waals surface area (Å²) in [6.07, 6.45) is 2.58. The molecule has 3 aromatic rings. The molecule has 1 saturated carbocycles. The first kappa shape index (κ1) is 54.4. The molecule has 5 atom stereocenters. The highest BCUT2D eigenvalue weighted by Gasteiger charge is 2.54. The summed E-state index contributed by atoms with van der Waals surface area (Å²) in [5.74, 6) is -2.49. The summed E-state index contributed by atoms with van der Waals surface area (Å²) >= 11 is 5.94. The number of carbonyl (C=O) groups excluding carboxylic acids is 3. The molecule has 5 N–H and O–H groups in total. The molecule has 386 valence electrons. The monoisotopic (exact) mass is 1010 g/mol. The van der Waals surface area contributed by atoms with Gasteiger partial charge in [-0.25, -0.2) is 28.0 Å². The molecule has 3 aromatic carbocycles. The Morgan fingerprint density at radius 3 is 2.07 bits per heavy atom. The topological polar surface area (TPSA) is 231 Å². The summed E-state index contributed by atoms with van der Waals surface area (Å²) in [6.45, 7) is 2.06. The molecule has 5 unspecified atom stereocenters. The molecular weight excluding hydrogens is 948 g/mol. The van der Waals surface area contributed by atoms with Crippen molar-refractivity contribution in [2.24, 2.45) is 11.8 Å². The van der Waals surface area contributed by atoms with Crippen LogP contribution in [0, 0.1) is 30.4 Å². The Bertz CT molecular complexity index is 2160. The van der Waals surface area contributed by atoms with Gasteiger partial charge in [0.2, 0.25) is 5.91 Å². The van der Waals surface area contributed by atoms with Gasteiger partial charge in [-0.1, -0.05) is 48.0 Å². The fourth-order valence-electron chi connectivity index (χ4n) is 9.21. The van der Waals surface area contributed by atoms with Gasteiger partial charge in [-0.3, -0.25) is 25.6 Å². The van der Waals surface area contributed by atoms with E-state index in [1.165, 1.54) is 0 Å². The van der Waals surface area contributed by atoms with E-state index in [1.807, 2.05) is 54.3 Å². The fourth-order valence-corrected chi connectivity index (χ4v) is 9.41. The van der Waals surface area contributed by atoms with Crippen molar-refractivity contribution in [3.8, 4) is 11.5 Å². The van der Waals surface area contributed by atoms with Gasteiger partial charge >= 0.3 is 12.2 Å². The van der Waals surface area contributed by atoms with Gasteiger partial charge < -0.3 is 43.5 Å². The van der Waals surface area contributed by atoms with Crippen molar-refractivity contribution in [2.45, 2.75) is 82.5 Å². The summed E-state index contributed by atoms with van der Waals surface area (Å²) in [4.78, 5) is 55.2. The number of halogens is 3. The number of nitrogens with zero attached hydrogens (tertiary/aromatic N) is 4. The normalized spacial score (nSPS) is 19.8. The minimum absolute atomic E-state index is 0.00901. The van der Waals surface area contributed by atoms with Crippen molar-refractivity contribution in [1.82, 2.24) is 25.9 Å². The molecule has 20 nitrogen and oxygen atoms in total. The molecule has 0 aromatic heterocycles. The third-order valence-corrected chi connectivity index (χ3v) is 12.8. The molecule has 6 rings (SSSR count). The predicted molar refractivity (Wildman–Crippen MR) is 241 cm³/mol. The highest BCUT2D eigenvalue weighted by Crippen LogP contribution is 2.49. The number of rotatable bonds is 27. The van der Waals surface area contributed by atoms with Crippen LogP contribution in [0.3, 0.4) is 0 Å². The molecule has 0 spiro atoms. The highest BCUT2D eigenvalue weighted by atomic mass is 35.5. The van der Waals surface area contributed by atoms with Crippen LogP contribution in [0.5, 0.6) is 11.5 Å². The number of alkyl carbamates (subject to hydrolysis) is 1. The summed E-state index contributed by atoms with van der Waals surface area (Å²) in [5, 5.41) is 36.4. The zero-order chi connectivity index (χ0) is 50.2. The standard InChI is InChI=1S/C47H62ClF2N5O15/c1-30-24-32(7-14-41(30)63-2)29-52(35-10-11-35)45(56)42-37(34-8-5-31(6-9-34)4-3-15-66-44-39(50)13-12-38(49)43(44)48)27-36-25-33(28-51-46(57)67-20-16-64-18-22-69-54(59)60)26-40(42)53(36)47(58)68-21-17-65-19-23-70-55(61)62/h5-9,12-14,24,33,35-37,40,42,59-62H,3-4,10-11,15-23,25-29H2,1-2H3,(H,51,57). The Hall–Kier alpha value is -4.98. The van der Waals surface area contributed by atoms with E-state index in [0.717, 1.165) is 53.0 Å².